The summed E-state index contributed by atoms with van der Waals surface area (Å²) in [6.45, 7) is 6.16. The van der Waals surface area contributed by atoms with E-state index in [4.69, 9.17) is 5.73 Å². The standard InChI is InChI=1S/C12H14N2/c1-7-4-5-10-6-8(2)12(13)14-11(10)9(7)3/h4-6H,1-3H3,(H2,13,14). The minimum absolute atomic E-state index is 0.631. The van der Waals surface area contributed by atoms with Gasteiger partial charge in [-0.1, -0.05) is 12.1 Å². The molecule has 0 saturated heterocycles. The van der Waals surface area contributed by atoms with Crippen molar-refractivity contribution in [3.05, 3.63) is 34.9 Å². The van der Waals surface area contributed by atoms with Crippen molar-refractivity contribution in [2.24, 2.45) is 0 Å². The smallest absolute Gasteiger partial charge is 0.127 e. The Morgan fingerprint density at radius 3 is 2.50 bits per heavy atom. The van der Waals surface area contributed by atoms with E-state index in [1.165, 1.54) is 16.5 Å². The average molecular weight is 186 g/mol. The molecule has 0 bridgehead atoms. The van der Waals surface area contributed by atoms with Crippen LogP contribution in [0.2, 0.25) is 0 Å². The fraction of sp³-hybridized carbons (Fsp3) is 0.250. The summed E-state index contributed by atoms with van der Waals surface area (Å²) in [7, 11) is 0. The second-order valence-corrected chi connectivity index (χ2v) is 3.77. The maximum Gasteiger partial charge on any atom is 0.127 e. The van der Waals surface area contributed by atoms with Crippen LogP contribution >= 0.6 is 0 Å². The van der Waals surface area contributed by atoms with Crippen LogP contribution in [-0.2, 0) is 0 Å². The topological polar surface area (TPSA) is 38.9 Å². The molecule has 2 aromatic rings. The SMILES string of the molecule is Cc1cc2ccc(C)c(C)c2nc1N. The lowest BCUT2D eigenvalue weighted by atomic mass is 10.0. The lowest BCUT2D eigenvalue weighted by Gasteiger charge is -2.07. The van der Waals surface area contributed by atoms with Crippen molar-refractivity contribution in [1.82, 2.24) is 4.98 Å². The molecule has 0 aliphatic heterocycles. The molecule has 1 aromatic carbocycles. The first-order valence-corrected chi connectivity index (χ1v) is 4.72. The Morgan fingerprint density at radius 2 is 1.79 bits per heavy atom. The molecule has 0 saturated carbocycles. The van der Waals surface area contributed by atoms with E-state index in [0.717, 1.165) is 11.1 Å². The summed E-state index contributed by atoms with van der Waals surface area (Å²) in [4.78, 5) is 4.41. The molecule has 0 amide bonds. The third-order valence-corrected chi connectivity index (χ3v) is 2.74. The van der Waals surface area contributed by atoms with Crippen molar-refractivity contribution in [1.29, 1.82) is 0 Å². The van der Waals surface area contributed by atoms with Crippen LogP contribution in [0.5, 0.6) is 0 Å². The maximum absolute atomic E-state index is 5.79. The van der Waals surface area contributed by atoms with Gasteiger partial charge in [-0.3, -0.25) is 0 Å². The zero-order valence-corrected chi connectivity index (χ0v) is 8.76. The fourth-order valence-corrected chi connectivity index (χ4v) is 1.60. The molecular weight excluding hydrogens is 172 g/mol. The number of rotatable bonds is 0. The van der Waals surface area contributed by atoms with Gasteiger partial charge in [-0.2, -0.15) is 0 Å². The molecule has 0 radical (unpaired) electrons. The van der Waals surface area contributed by atoms with Crippen LogP contribution in [-0.4, -0.2) is 4.98 Å². The first-order chi connectivity index (χ1) is 6.59. The first-order valence-electron chi connectivity index (χ1n) is 4.72. The van der Waals surface area contributed by atoms with Gasteiger partial charge in [-0.05, 0) is 43.5 Å². The van der Waals surface area contributed by atoms with Gasteiger partial charge < -0.3 is 5.73 Å². The molecule has 0 atom stereocenters. The van der Waals surface area contributed by atoms with E-state index in [1.807, 2.05) is 6.92 Å². The predicted octanol–water partition coefficient (Wildman–Crippen LogP) is 2.74. The van der Waals surface area contributed by atoms with E-state index in [2.05, 4.69) is 37.0 Å². The third kappa shape index (κ3) is 1.23. The Balaban J connectivity index is 2.89. The number of nitrogens with zero attached hydrogens (tertiary/aromatic N) is 1. The molecule has 0 aliphatic rings. The lowest BCUT2D eigenvalue weighted by Crippen LogP contribution is -1.96. The molecule has 2 nitrogen and oxygen atoms in total. The summed E-state index contributed by atoms with van der Waals surface area (Å²) in [6.07, 6.45) is 0. The molecule has 0 spiro atoms. The van der Waals surface area contributed by atoms with Crippen LogP contribution in [0.25, 0.3) is 10.9 Å². The molecule has 1 aromatic heterocycles. The number of aromatic nitrogens is 1. The van der Waals surface area contributed by atoms with Gasteiger partial charge in [0.1, 0.15) is 5.82 Å². The highest BCUT2D eigenvalue weighted by Gasteiger charge is 2.04. The normalized spacial score (nSPS) is 10.8. The molecule has 0 fully saturated rings. The van der Waals surface area contributed by atoms with Gasteiger partial charge in [-0.25, -0.2) is 4.98 Å². The maximum atomic E-state index is 5.79. The fourth-order valence-electron chi connectivity index (χ4n) is 1.60. The molecular formula is C12H14N2. The Bertz CT molecular complexity index is 501. The van der Waals surface area contributed by atoms with Crippen LogP contribution in [0.1, 0.15) is 16.7 Å². The van der Waals surface area contributed by atoms with Gasteiger partial charge in [0.2, 0.25) is 0 Å². The summed E-state index contributed by atoms with van der Waals surface area (Å²) < 4.78 is 0. The Kier molecular flexibility index (Phi) is 1.92. The van der Waals surface area contributed by atoms with Crippen LogP contribution in [0.4, 0.5) is 5.82 Å². The van der Waals surface area contributed by atoms with Crippen LogP contribution < -0.4 is 5.73 Å². The molecule has 2 N–H and O–H groups in total. The number of pyridine rings is 1. The first kappa shape index (κ1) is 9.00. The molecule has 0 aliphatic carbocycles. The largest absolute Gasteiger partial charge is 0.383 e. The number of benzene rings is 1. The van der Waals surface area contributed by atoms with Crippen molar-refractivity contribution in [3.63, 3.8) is 0 Å². The van der Waals surface area contributed by atoms with Crippen molar-refractivity contribution < 1.29 is 0 Å². The second-order valence-electron chi connectivity index (χ2n) is 3.77. The van der Waals surface area contributed by atoms with E-state index in [9.17, 15) is 0 Å². The van der Waals surface area contributed by atoms with Crippen LogP contribution in [0.3, 0.4) is 0 Å². The molecule has 1 heterocycles. The molecule has 14 heavy (non-hydrogen) atoms. The number of hydrogen-bond donors (Lipinski definition) is 1. The Morgan fingerprint density at radius 1 is 1.07 bits per heavy atom. The van der Waals surface area contributed by atoms with Gasteiger partial charge >= 0.3 is 0 Å². The highest BCUT2D eigenvalue weighted by atomic mass is 14.8. The van der Waals surface area contributed by atoms with Crippen molar-refractivity contribution >= 4 is 16.7 Å². The molecule has 2 heteroatoms. The summed E-state index contributed by atoms with van der Waals surface area (Å²) in [5.74, 6) is 0.631. The summed E-state index contributed by atoms with van der Waals surface area (Å²) >= 11 is 0. The Labute approximate surface area is 83.8 Å². The summed E-state index contributed by atoms with van der Waals surface area (Å²) in [5, 5.41) is 1.17. The van der Waals surface area contributed by atoms with E-state index >= 15 is 0 Å². The van der Waals surface area contributed by atoms with Gasteiger partial charge in [0.25, 0.3) is 0 Å². The highest BCUT2D eigenvalue weighted by Crippen LogP contribution is 2.22. The van der Waals surface area contributed by atoms with Gasteiger partial charge in [-0.15, -0.1) is 0 Å². The van der Waals surface area contributed by atoms with Crippen molar-refractivity contribution in [2.45, 2.75) is 20.8 Å². The van der Waals surface area contributed by atoms with E-state index < -0.39 is 0 Å². The third-order valence-electron chi connectivity index (χ3n) is 2.74. The van der Waals surface area contributed by atoms with Crippen molar-refractivity contribution in [3.8, 4) is 0 Å². The molecule has 72 valence electrons. The summed E-state index contributed by atoms with van der Waals surface area (Å²) in [5.41, 5.74) is 10.3. The number of nitrogen functional groups attached to an aromatic ring is 1. The monoisotopic (exact) mass is 186 g/mol. The zero-order chi connectivity index (χ0) is 10.3. The van der Waals surface area contributed by atoms with Crippen LogP contribution in [0, 0.1) is 20.8 Å². The van der Waals surface area contributed by atoms with Gasteiger partial charge in [0.05, 0.1) is 5.52 Å². The van der Waals surface area contributed by atoms with Crippen LogP contribution in [0.15, 0.2) is 18.2 Å². The number of aryl methyl sites for hydroxylation is 3. The minimum atomic E-state index is 0.631. The molecule has 0 unspecified atom stereocenters. The lowest BCUT2D eigenvalue weighted by molar-refractivity contribution is 1.29. The quantitative estimate of drug-likeness (QED) is 0.687. The van der Waals surface area contributed by atoms with Crippen molar-refractivity contribution in [2.75, 3.05) is 5.73 Å². The zero-order valence-electron chi connectivity index (χ0n) is 8.76. The van der Waals surface area contributed by atoms with E-state index in [-0.39, 0.29) is 0 Å². The average Bonchev–Trinajstić information content (AvgIpc) is 2.15. The minimum Gasteiger partial charge on any atom is -0.383 e. The second kappa shape index (κ2) is 2.98. The molecule has 2 rings (SSSR count). The number of hydrogen-bond acceptors (Lipinski definition) is 2. The van der Waals surface area contributed by atoms with Gasteiger partial charge in [0, 0.05) is 5.39 Å². The Hall–Kier alpha value is -1.57. The van der Waals surface area contributed by atoms with E-state index in [1.54, 1.807) is 0 Å². The number of anilines is 1. The number of nitrogens with two attached hydrogens (primary N) is 1. The highest BCUT2D eigenvalue weighted by molar-refractivity contribution is 5.85. The summed E-state index contributed by atoms with van der Waals surface area (Å²) in [6, 6.07) is 6.30. The van der Waals surface area contributed by atoms with E-state index in [0.29, 0.717) is 5.82 Å². The predicted molar refractivity (Wildman–Crippen MR) is 60.4 cm³/mol. The number of fused-ring (bicyclic) bond motifs is 1. The van der Waals surface area contributed by atoms with Gasteiger partial charge in [0.15, 0.2) is 0 Å².